The number of alkyl halides is 2. The van der Waals surface area contributed by atoms with Crippen molar-refractivity contribution < 1.29 is 33.6 Å². The number of hydrogen-bond donors (Lipinski definition) is 4. The largest absolute Gasteiger partial charge is 0.508 e. The second-order valence-electron chi connectivity index (χ2n) is 3.72. The van der Waals surface area contributed by atoms with Gasteiger partial charge >= 0.3 is 11.9 Å². The zero-order valence-electron chi connectivity index (χ0n) is 9.93. The molecule has 0 heterocycles. The summed E-state index contributed by atoms with van der Waals surface area (Å²) in [6.07, 6.45) is 0. The van der Waals surface area contributed by atoms with Crippen LogP contribution in [-0.4, -0.2) is 33.8 Å². The number of nitrogens with two attached hydrogens (primary N) is 1. The van der Waals surface area contributed by atoms with Gasteiger partial charge in [0.1, 0.15) is 23.3 Å². The van der Waals surface area contributed by atoms with Crippen molar-refractivity contribution in [2.75, 3.05) is 6.61 Å². The fraction of sp³-hybridized carbons (Fsp3) is 0.364. The number of esters is 1. The predicted molar refractivity (Wildman–Crippen MR) is 59.9 cm³/mol. The van der Waals surface area contributed by atoms with Gasteiger partial charge in [0.05, 0.1) is 12.2 Å². The molecule has 6 nitrogen and oxygen atoms in total. The molecule has 1 aromatic carbocycles. The van der Waals surface area contributed by atoms with Gasteiger partial charge in [0.2, 0.25) is 0 Å². The second kappa shape index (κ2) is 5.27. The third kappa shape index (κ3) is 2.84. The van der Waals surface area contributed by atoms with Crippen molar-refractivity contribution in [3.05, 3.63) is 17.7 Å². The molecule has 0 fully saturated rings. The third-order valence-electron chi connectivity index (χ3n) is 2.37. The molecule has 0 radical (unpaired) electrons. The number of rotatable bonds is 4. The maximum atomic E-state index is 13.7. The Morgan fingerprint density at radius 2 is 1.84 bits per heavy atom. The minimum Gasteiger partial charge on any atom is -0.508 e. The van der Waals surface area contributed by atoms with Gasteiger partial charge in [-0.1, -0.05) is 0 Å². The van der Waals surface area contributed by atoms with Gasteiger partial charge in [-0.05, 0) is 6.92 Å². The quantitative estimate of drug-likeness (QED) is 0.611. The molecule has 1 aromatic rings. The summed E-state index contributed by atoms with van der Waals surface area (Å²) in [4.78, 5) is 11.1. The van der Waals surface area contributed by atoms with Crippen LogP contribution in [-0.2, 0) is 9.53 Å². The summed E-state index contributed by atoms with van der Waals surface area (Å²) in [5.74, 6) is -8.25. The molecule has 0 bridgehead atoms. The fourth-order valence-electron chi connectivity index (χ4n) is 1.46. The topological polar surface area (TPSA) is 113 Å². The first-order valence-corrected chi connectivity index (χ1v) is 5.27. The highest BCUT2D eigenvalue weighted by Gasteiger charge is 2.49. The van der Waals surface area contributed by atoms with E-state index in [0.29, 0.717) is 0 Å². The lowest BCUT2D eigenvalue weighted by Gasteiger charge is -2.23. The van der Waals surface area contributed by atoms with Crippen LogP contribution in [0.25, 0.3) is 0 Å². The van der Waals surface area contributed by atoms with Gasteiger partial charge in [0.15, 0.2) is 0 Å². The Hall–Kier alpha value is -2.09. The van der Waals surface area contributed by atoms with Gasteiger partial charge in [-0.2, -0.15) is 8.78 Å². The lowest BCUT2D eigenvalue weighted by atomic mass is 9.99. The molecule has 0 aliphatic heterocycles. The standard InChI is InChI=1S/C11H13F2NO5/c1-2-19-10(18)11(12,13)9(14)8-6(16)3-5(15)4-7(8)17/h3-4,9,15-17H,2,14H2,1H3/t9-/m1/s1. The SMILES string of the molecule is CCOC(=O)C(F)(F)[C@H](N)c1c(O)cc(O)cc1O. The van der Waals surface area contributed by atoms with E-state index in [-0.39, 0.29) is 6.61 Å². The zero-order chi connectivity index (χ0) is 14.8. The number of aromatic hydroxyl groups is 3. The van der Waals surface area contributed by atoms with Crippen LogP contribution in [0.15, 0.2) is 12.1 Å². The number of benzene rings is 1. The zero-order valence-corrected chi connectivity index (χ0v) is 9.93. The molecule has 0 amide bonds. The minimum absolute atomic E-state index is 0.269. The van der Waals surface area contributed by atoms with Crippen LogP contribution >= 0.6 is 0 Å². The molecule has 19 heavy (non-hydrogen) atoms. The number of phenolic OH excluding ortho intramolecular Hbond substituents is 3. The van der Waals surface area contributed by atoms with Crippen molar-refractivity contribution in [2.24, 2.45) is 5.73 Å². The van der Waals surface area contributed by atoms with Crippen LogP contribution in [0.4, 0.5) is 8.78 Å². The third-order valence-corrected chi connectivity index (χ3v) is 2.37. The highest BCUT2D eigenvalue weighted by atomic mass is 19.3. The molecule has 0 aromatic heterocycles. The van der Waals surface area contributed by atoms with E-state index in [2.05, 4.69) is 4.74 Å². The predicted octanol–water partition coefficient (Wildman–Crippen LogP) is 1.00. The lowest BCUT2D eigenvalue weighted by Crippen LogP contribution is -2.41. The number of phenols is 3. The molecular formula is C11H13F2NO5. The molecule has 0 aliphatic carbocycles. The molecular weight excluding hydrogens is 264 g/mol. The maximum Gasteiger partial charge on any atom is 0.379 e. The molecule has 106 valence electrons. The van der Waals surface area contributed by atoms with Crippen molar-refractivity contribution in [2.45, 2.75) is 18.9 Å². The second-order valence-corrected chi connectivity index (χ2v) is 3.72. The molecule has 5 N–H and O–H groups in total. The summed E-state index contributed by atoms with van der Waals surface area (Å²) in [6, 6.07) is -0.876. The Labute approximate surface area is 107 Å². The van der Waals surface area contributed by atoms with E-state index in [1.54, 1.807) is 0 Å². The van der Waals surface area contributed by atoms with Crippen LogP contribution in [0, 0.1) is 0 Å². The summed E-state index contributed by atoms with van der Waals surface area (Å²) in [5.41, 5.74) is 4.45. The van der Waals surface area contributed by atoms with E-state index in [4.69, 9.17) is 10.8 Å². The van der Waals surface area contributed by atoms with Gasteiger partial charge < -0.3 is 25.8 Å². The normalized spacial score (nSPS) is 13.1. The van der Waals surface area contributed by atoms with Gasteiger partial charge in [-0.25, -0.2) is 4.79 Å². The van der Waals surface area contributed by atoms with Crippen molar-refractivity contribution in [1.82, 2.24) is 0 Å². The average molecular weight is 277 g/mol. The summed E-state index contributed by atoms with van der Waals surface area (Å²) >= 11 is 0. The molecule has 1 atom stereocenters. The Morgan fingerprint density at radius 1 is 1.37 bits per heavy atom. The van der Waals surface area contributed by atoms with E-state index >= 15 is 0 Å². The fourth-order valence-corrected chi connectivity index (χ4v) is 1.46. The maximum absolute atomic E-state index is 13.7. The molecule has 1 rings (SSSR count). The highest BCUT2D eigenvalue weighted by Crippen LogP contribution is 2.41. The Morgan fingerprint density at radius 3 is 2.26 bits per heavy atom. The molecule has 0 saturated carbocycles. The van der Waals surface area contributed by atoms with E-state index in [1.165, 1.54) is 6.92 Å². The number of carbonyl (C=O) groups is 1. The van der Waals surface area contributed by atoms with Crippen molar-refractivity contribution in [3.8, 4) is 17.2 Å². The first-order valence-electron chi connectivity index (χ1n) is 5.27. The highest BCUT2D eigenvalue weighted by molar-refractivity contribution is 5.79. The van der Waals surface area contributed by atoms with Crippen LogP contribution in [0.5, 0.6) is 17.2 Å². The van der Waals surface area contributed by atoms with Crippen LogP contribution in [0.1, 0.15) is 18.5 Å². The summed E-state index contributed by atoms with van der Waals surface area (Å²) in [7, 11) is 0. The molecule has 0 unspecified atom stereocenters. The summed E-state index contributed by atoms with van der Waals surface area (Å²) in [5, 5.41) is 27.9. The number of ether oxygens (including phenoxy) is 1. The van der Waals surface area contributed by atoms with Crippen LogP contribution in [0.2, 0.25) is 0 Å². The number of carbonyl (C=O) groups excluding carboxylic acids is 1. The molecule has 8 heteroatoms. The van der Waals surface area contributed by atoms with Crippen LogP contribution in [0.3, 0.4) is 0 Å². The van der Waals surface area contributed by atoms with Gasteiger partial charge in [-0.3, -0.25) is 0 Å². The Balaban J connectivity index is 3.19. The smallest absolute Gasteiger partial charge is 0.379 e. The van der Waals surface area contributed by atoms with Crippen molar-refractivity contribution >= 4 is 5.97 Å². The monoisotopic (exact) mass is 277 g/mol. The van der Waals surface area contributed by atoms with E-state index in [0.717, 1.165) is 12.1 Å². The average Bonchev–Trinajstić information content (AvgIpc) is 2.27. The Bertz CT molecular complexity index is 469. The summed E-state index contributed by atoms with van der Waals surface area (Å²) in [6.45, 7) is 1.07. The minimum atomic E-state index is -4.14. The summed E-state index contributed by atoms with van der Waals surface area (Å²) < 4.78 is 31.5. The van der Waals surface area contributed by atoms with E-state index in [9.17, 15) is 23.8 Å². The number of hydrogen-bond acceptors (Lipinski definition) is 6. The number of halogens is 2. The van der Waals surface area contributed by atoms with Crippen LogP contribution < -0.4 is 5.73 Å². The van der Waals surface area contributed by atoms with Gasteiger partial charge in [-0.15, -0.1) is 0 Å². The Kier molecular flexibility index (Phi) is 4.15. The van der Waals surface area contributed by atoms with E-state index < -0.39 is 40.7 Å². The van der Waals surface area contributed by atoms with Crippen molar-refractivity contribution in [1.29, 1.82) is 0 Å². The molecule has 0 aliphatic rings. The first kappa shape index (κ1) is 15.0. The molecule has 0 saturated heterocycles. The molecule has 0 spiro atoms. The van der Waals surface area contributed by atoms with Gasteiger partial charge in [0.25, 0.3) is 0 Å². The lowest BCUT2D eigenvalue weighted by molar-refractivity contribution is -0.174. The van der Waals surface area contributed by atoms with Gasteiger partial charge in [0, 0.05) is 12.1 Å². The van der Waals surface area contributed by atoms with E-state index in [1.807, 2.05) is 0 Å². The first-order chi connectivity index (χ1) is 8.71. The van der Waals surface area contributed by atoms with Crippen molar-refractivity contribution in [3.63, 3.8) is 0 Å².